The molecule has 0 saturated heterocycles. The molecule has 1 aromatic rings. The summed E-state index contributed by atoms with van der Waals surface area (Å²) in [5.74, 6) is 0.0803. The zero-order valence-corrected chi connectivity index (χ0v) is 9.57. The number of hydrogen-bond donors (Lipinski definition) is 1. The van der Waals surface area contributed by atoms with Gasteiger partial charge in [-0.2, -0.15) is 0 Å². The zero-order chi connectivity index (χ0) is 12.0. The van der Waals surface area contributed by atoms with Gasteiger partial charge in [-0.15, -0.1) is 0 Å². The van der Waals surface area contributed by atoms with Gasteiger partial charge in [0.1, 0.15) is 5.82 Å². The number of aliphatic imine (C=N–C) groups is 2. The molecule has 1 rings (SSSR count). The summed E-state index contributed by atoms with van der Waals surface area (Å²) in [6.07, 6.45) is 3.70. The largest absolute Gasteiger partial charge is 0.396 e. The quantitative estimate of drug-likeness (QED) is 0.476. The molecule has 16 heavy (non-hydrogen) atoms. The molecule has 0 atom stereocenters. The third-order valence-electron chi connectivity index (χ3n) is 2.10. The highest BCUT2D eigenvalue weighted by Gasteiger charge is 2.04. The lowest BCUT2D eigenvalue weighted by Gasteiger charge is -2.02. The number of nitrogen functional groups attached to an aromatic ring is 1. The highest BCUT2D eigenvalue weighted by Crippen LogP contribution is 2.13. The smallest absolute Gasteiger partial charge is 0.154 e. The second-order valence-corrected chi connectivity index (χ2v) is 3.38. The first kappa shape index (κ1) is 12.4. The van der Waals surface area contributed by atoms with Gasteiger partial charge in [-0.1, -0.05) is 13.3 Å². The van der Waals surface area contributed by atoms with E-state index in [4.69, 9.17) is 5.73 Å². The van der Waals surface area contributed by atoms with Crippen molar-refractivity contribution in [3.63, 3.8) is 0 Å². The van der Waals surface area contributed by atoms with Gasteiger partial charge in [-0.3, -0.25) is 4.99 Å². The number of anilines is 1. The first-order chi connectivity index (χ1) is 7.69. The van der Waals surface area contributed by atoms with Crippen molar-refractivity contribution < 1.29 is 4.39 Å². The molecule has 0 aliphatic rings. The molecule has 0 radical (unpaired) electrons. The van der Waals surface area contributed by atoms with Gasteiger partial charge in [0, 0.05) is 18.8 Å². The van der Waals surface area contributed by atoms with E-state index in [0.717, 1.165) is 12.8 Å². The molecule has 86 valence electrons. The third-order valence-corrected chi connectivity index (χ3v) is 2.10. The summed E-state index contributed by atoms with van der Waals surface area (Å²) in [6, 6.07) is 4.58. The lowest BCUT2D eigenvalue weighted by Crippen LogP contribution is -2.00. The molecular formula is C12H16FN3. The fraction of sp³-hybridized carbons (Fsp3) is 0.333. The number of unbranched alkanes of at least 4 members (excludes halogenated alkanes) is 1. The molecule has 0 aromatic heterocycles. The Bertz CT molecular complexity index is 411. The summed E-state index contributed by atoms with van der Waals surface area (Å²) >= 11 is 0. The van der Waals surface area contributed by atoms with Crippen molar-refractivity contribution in [2.75, 3.05) is 12.8 Å². The molecule has 0 bridgehead atoms. The van der Waals surface area contributed by atoms with Crippen LogP contribution in [0, 0.1) is 5.82 Å². The second kappa shape index (κ2) is 6.00. The predicted molar refractivity (Wildman–Crippen MR) is 66.7 cm³/mol. The Balaban J connectivity index is 2.92. The van der Waals surface area contributed by atoms with Crippen LogP contribution < -0.4 is 5.73 Å². The van der Waals surface area contributed by atoms with Crippen molar-refractivity contribution in [1.29, 1.82) is 0 Å². The first-order valence-electron chi connectivity index (χ1n) is 5.23. The number of hydrogen-bond acceptors (Lipinski definition) is 2. The molecule has 4 heteroatoms. The van der Waals surface area contributed by atoms with Gasteiger partial charge < -0.3 is 5.73 Å². The van der Waals surface area contributed by atoms with Crippen molar-refractivity contribution in [1.82, 2.24) is 0 Å². The fourth-order valence-corrected chi connectivity index (χ4v) is 1.21. The number of amidine groups is 1. The summed E-state index contributed by atoms with van der Waals surface area (Å²) < 4.78 is 13.2. The summed E-state index contributed by atoms with van der Waals surface area (Å²) in [6.45, 7) is 2.07. The van der Waals surface area contributed by atoms with Gasteiger partial charge in [0.25, 0.3) is 0 Å². The Hall–Kier alpha value is -1.71. The lowest BCUT2D eigenvalue weighted by molar-refractivity contribution is 0.632. The molecule has 0 aliphatic carbocycles. The van der Waals surface area contributed by atoms with Crippen LogP contribution in [0.2, 0.25) is 0 Å². The maximum absolute atomic E-state index is 13.2. The Labute approximate surface area is 94.9 Å². The minimum Gasteiger partial charge on any atom is -0.396 e. The number of benzene rings is 1. The molecular weight excluding hydrogens is 205 g/mol. The molecule has 0 saturated carbocycles. The van der Waals surface area contributed by atoms with Crippen molar-refractivity contribution in [2.45, 2.75) is 19.8 Å². The van der Waals surface area contributed by atoms with Crippen LogP contribution in [0.5, 0.6) is 0 Å². The van der Waals surface area contributed by atoms with E-state index < -0.39 is 5.82 Å². The molecule has 3 nitrogen and oxygen atoms in total. The van der Waals surface area contributed by atoms with Crippen LogP contribution in [0.4, 0.5) is 10.1 Å². The van der Waals surface area contributed by atoms with Gasteiger partial charge in [-0.25, -0.2) is 9.38 Å². The van der Waals surface area contributed by atoms with E-state index in [0.29, 0.717) is 11.4 Å². The van der Waals surface area contributed by atoms with Crippen molar-refractivity contribution in [3.8, 4) is 0 Å². The van der Waals surface area contributed by atoms with E-state index in [-0.39, 0.29) is 5.69 Å². The highest BCUT2D eigenvalue weighted by molar-refractivity contribution is 6.03. The maximum Gasteiger partial charge on any atom is 0.154 e. The lowest BCUT2D eigenvalue weighted by atomic mass is 10.2. The van der Waals surface area contributed by atoms with Crippen LogP contribution in [-0.4, -0.2) is 19.1 Å². The molecule has 2 N–H and O–H groups in total. The van der Waals surface area contributed by atoms with Crippen LogP contribution in [0.1, 0.15) is 25.3 Å². The molecule has 0 aliphatic heterocycles. The average molecular weight is 221 g/mol. The molecule has 0 unspecified atom stereocenters. The number of halogens is 1. The summed E-state index contributed by atoms with van der Waals surface area (Å²) in [4.78, 5) is 8.20. The van der Waals surface area contributed by atoms with Crippen LogP contribution in [-0.2, 0) is 0 Å². The number of nitrogens with zero attached hydrogens (tertiary/aromatic N) is 2. The van der Waals surface area contributed by atoms with E-state index >= 15 is 0 Å². The maximum atomic E-state index is 13.2. The van der Waals surface area contributed by atoms with Crippen molar-refractivity contribution >= 4 is 17.7 Å². The van der Waals surface area contributed by atoms with Gasteiger partial charge in [0.2, 0.25) is 0 Å². The van der Waals surface area contributed by atoms with Gasteiger partial charge in [0.15, 0.2) is 5.84 Å². The normalized spacial score (nSPS) is 12.3. The first-order valence-corrected chi connectivity index (χ1v) is 5.23. The Morgan fingerprint density at radius 1 is 1.50 bits per heavy atom. The molecule has 0 amide bonds. The van der Waals surface area contributed by atoms with E-state index in [1.165, 1.54) is 12.1 Å². The second-order valence-electron chi connectivity index (χ2n) is 3.38. The minimum absolute atomic E-state index is 0.136. The monoisotopic (exact) mass is 221 g/mol. The fourth-order valence-electron chi connectivity index (χ4n) is 1.21. The molecule has 1 aromatic carbocycles. The Morgan fingerprint density at radius 3 is 2.81 bits per heavy atom. The number of rotatable bonds is 3. The third kappa shape index (κ3) is 3.15. The number of nitrogens with two attached hydrogens (primary N) is 1. The predicted octanol–water partition coefficient (Wildman–Crippen LogP) is 2.66. The molecule has 0 spiro atoms. The van der Waals surface area contributed by atoms with Gasteiger partial charge in [0.05, 0.1) is 5.69 Å². The van der Waals surface area contributed by atoms with Crippen LogP contribution in [0.3, 0.4) is 0 Å². The van der Waals surface area contributed by atoms with E-state index in [2.05, 4.69) is 16.9 Å². The van der Waals surface area contributed by atoms with Crippen LogP contribution >= 0.6 is 0 Å². The van der Waals surface area contributed by atoms with Crippen molar-refractivity contribution in [3.05, 3.63) is 29.6 Å². The highest BCUT2D eigenvalue weighted by atomic mass is 19.1. The van der Waals surface area contributed by atoms with E-state index in [9.17, 15) is 4.39 Å². The SMILES string of the molecule is CCCC=NC(=NC)c1ccc(N)c(F)c1. The van der Waals surface area contributed by atoms with Crippen molar-refractivity contribution in [2.24, 2.45) is 9.98 Å². The summed E-state index contributed by atoms with van der Waals surface area (Å²) in [7, 11) is 1.63. The summed E-state index contributed by atoms with van der Waals surface area (Å²) in [5, 5.41) is 0. The Kier molecular flexibility index (Phi) is 4.64. The zero-order valence-electron chi connectivity index (χ0n) is 9.57. The van der Waals surface area contributed by atoms with Gasteiger partial charge >= 0.3 is 0 Å². The average Bonchev–Trinajstić information content (AvgIpc) is 2.29. The van der Waals surface area contributed by atoms with E-state index in [1.807, 2.05) is 0 Å². The molecule has 0 fully saturated rings. The summed E-state index contributed by atoms with van der Waals surface area (Å²) in [5.41, 5.74) is 6.17. The van der Waals surface area contributed by atoms with Crippen LogP contribution in [0.25, 0.3) is 0 Å². The van der Waals surface area contributed by atoms with Crippen LogP contribution in [0.15, 0.2) is 28.2 Å². The topological polar surface area (TPSA) is 50.7 Å². The Morgan fingerprint density at radius 2 is 2.25 bits per heavy atom. The minimum atomic E-state index is -0.440. The standard InChI is InChI=1S/C12H16FN3/c1-3-4-7-16-12(15-2)9-5-6-11(14)10(13)8-9/h5-8H,3-4,14H2,1-2H3. The van der Waals surface area contributed by atoms with Gasteiger partial charge in [-0.05, 0) is 24.6 Å². The van der Waals surface area contributed by atoms with E-state index in [1.54, 1.807) is 19.3 Å². The molecule has 0 heterocycles.